The van der Waals surface area contributed by atoms with E-state index in [0.29, 0.717) is 63.3 Å². The minimum Gasteiger partial charge on any atom is -0.378 e. The van der Waals surface area contributed by atoms with E-state index in [1.54, 1.807) is 6.20 Å². The molecule has 0 saturated carbocycles. The Labute approximate surface area is 235 Å². The second-order valence-electron chi connectivity index (χ2n) is 9.30. The summed E-state index contributed by atoms with van der Waals surface area (Å²) in [7, 11) is -4.86. The first-order valence-corrected chi connectivity index (χ1v) is 14.4. The number of fused-ring (bicyclic) bond motifs is 1. The van der Waals surface area contributed by atoms with E-state index in [1.807, 2.05) is 0 Å². The Bertz CT molecular complexity index is 1530. The lowest BCUT2D eigenvalue weighted by Crippen LogP contribution is -2.46. The second-order valence-corrected chi connectivity index (χ2v) is 10.6. The third-order valence-corrected chi connectivity index (χ3v) is 7.33. The smallest absolute Gasteiger partial charge is 0.332 e. The van der Waals surface area contributed by atoms with Crippen molar-refractivity contribution in [3.8, 4) is 0 Å². The molecule has 1 fully saturated rings. The van der Waals surface area contributed by atoms with Gasteiger partial charge in [-0.2, -0.15) is 13.4 Å². The van der Waals surface area contributed by atoms with Crippen LogP contribution in [0.3, 0.4) is 0 Å². The van der Waals surface area contributed by atoms with Crippen molar-refractivity contribution in [3.05, 3.63) is 51.9 Å². The van der Waals surface area contributed by atoms with Crippen LogP contribution in [0.2, 0.25) is 0 Å². The summed E-state index contributed by atoms with van der Waals surface area (Å²) in [6.45, 7) is 3.04. The lowest BCUT2D eigenvalue weighted by atomic mass is 10.1. The van der Waals surface area contributed by atoms with Crippen LogP contribution in [0.5, 0.6) is 0 Å². The lowest BCUT2D eigenvalue weighted by molar-refractivity contribution is -0.125. The number of likely N-dealkylation sites (tertiary alicyclic amines) is 1. The fourth-order valence-corrected chi connectivity index (χ4v) is 4.98. The lowest BCUT2D eigenvalue weighted by Gasteiger charge is -2.24. The van der Waals surface area contributed by atoms with Gasteiger partial charge < -0.3 is 35.7 Å². The number of aromatic nitrogens is 3. The summed E-state index contributed by atoms with van der Waals surface area (Å²) in [6.07, 6.45) is 2.86. The van der Waals surface area contributed by atoms with E-state index < -0.39 is 27.1 Å². The molecule has 1 saturated heterocycles. The van der Waals surface area contributed by atoms with Gasteiger partial charge in [0.05, 0.1) is 36.7 Å². The Kier molecular flexibility index (Phi) is 10.0. The van der Waals surface area contributed by atoms with Gasteiger partial charge in [-0.3, -0.25) is 19.4 Å². The maximum Gasteiger partial charge on any atom is 0.332 e. The van der Waals surface area contributed by atoms with Crippen molar-refractivity contribution in [3.63, 3.8) is 0 Å². The van der Waals surface area contributed by atoms with Crippen molar-refractivity contribution in [1.82, 2.24) is 30.5 Å². The number of carbonyl (C=O) groups is 2. The van der Waals surface area contributed by atoms with E-state index >= 15 is 0 Å². The largest absolute Gasteiger partial charge is 0.378 e. The fraction of sp³-hybridized carbons (Fsp3) is 0.440. The minimum absolute atomic E-state index is 0.0532. The van der Waals surface area contributed by atoms with Crippen LogP contribution in [0.15, 0.2) is 40.2 Å². The number of nitrogen functional groups attached to an aromatic ring is 1. The number of anilines is 1. The van der Waals surface area contributed by atoms with Crippen LogP contribution in [0.4, 0.5) is 9.83 Å². The van der Waals surface area contributed by atoms with Crippen molar-refractivity contribution in [2.45, 2.75) is 30.3 Å². The normalized spacial score (nSPS) is 15.4. The van der Waals surface area contributed by atoms with Crippen LogP contribution in [0.25, 0.3) is 11.0 Å². The number of aromatic amines is 2. The zero-order valence-electron chi connectivity index (χ0n) is 22.2. The quantitative estimate of drug-likeness (QED) is 0.125. The number of ether oxygens (including phenoxy) is 2. The molecule has 3 aromatic rings. The molecular weight excluding hydrogens is 561 g/mol. The summed E-state index contributed by atoms with van der Waals surface area (Å²) in [4.78, 5) is 47.9. The third-order valence-electron chi connectivity index (χ3n) is 6.50. The van der Waals surface area contributed by atoms with Gasteiger partial charge in [0, 0.05) is 37.9 Å². The summed E-state index contributed by atoms with van der Waals surface area (Å²) >= 11 is 0. The molecule has 0 aliphatic carbocycles. The number of benzene rings is 1. The van der Waals surface area contributed by atoms with Gasteiger partial charge in [0.15, 0.2) is 0 Å². The summed E-state index contributed by atoms with van der Waals surface area (Å²) < 4.78 is 46.1. The maximum absolute atomic E-state index is 13.1. The first-order valence-electron chi connectivity index (χ1n) is 13.0. The molecule has 14 nitrogen and oxygen atoms in total. The van der Waals surface area contributed by atoms with Gasteiger partial charge in [-0.15, -0.1) is 3.89 Å². The molecule has 1 aliphatic rings. The first kappa shape index (κ1) is 30.1. The molecule has 0 radical (unpaired) electrons. The summed E-state index contributed by atoms with van der Waals surface area (Å²) in [5, 5.41) is 6.42. The molecular formula is C25H32FN7O7S. The SMILES string of the molecule is Nc1nc2[nH]cc(CNCCOCCOCCNC(=O)[C@@H]3CCCN3C(=O)c3ccc(S(=O)(=O)F)cc3)c2c(=O)[nH]1. The number of rotatable bonds is 14. The van der Waals surface area contributed by atoms with E-state index in [-0.39, 0.29) is 36.1 Å². The van der Waals surface area contributed by atoms with Crippen molar-refractivity contribution in [2.75, 3.05) is 51.8 Å². The van der Waals surface area contributed by atoms with Gasteiger partial charge in [0.25, 0.3) is 11.5 Å². The number of nitrogens with zero attached hydrogens (tertiary/aromatic N) is 2. The molecule has 0 spiro atoms. The Balaban J connectivity index is 1.07. The highest BCUT2D eigenvalue weighted by molar-refractivity contribution is 7.86. The zero-order valence-corrected chi connectivity index (χ0v) is 23.0. The van der Waals surface area contributed by atoms with Crippen LogP contribution < -0.4 is 21.9 Å². The molecule has 1 aromatic carbocycles. The Hall–Kier alpha value is -3.86. The predicted molar refractivity (Wildman–Crippen MR) is 146 cm³/mol. The molecule has 2 amide bonds. The van der Waals surface area contributed by atoms with Crippen LogP contribution in [0.1, 0.15) is 28.8 Å². The Morgan fingerprint density at radius 2 is 1.83 bits per heavy atom. The van der Waals surface area contributed by atoms with Crippen LogP contribution in [-0.4, -0.2) is 92.2 Å². The number of hydrogen-bond donors (Lipinski definition) is 5. The van der Waals surface area contributed by atoms with Crippen molar-refractivity contribution in [1.29, 1.82) is 0 Å². The van der Waals surface area contributed by atoms with Gasteiger partial charge in [0.1, 0.15) is 11.7 Å². The monoisotopic (exact) mass is 593 g/mol. The molecule has 0 unspecified atom stereocenters. The molecule has 2 aromatic heterocycles. The van der Waals surface area contributed by atoms with Crippen LogP contribution in [0, 0.1) is 0 Å². The topological polar surface area (TPSA) is 202 Å². The predicted octanol–water partition coefficient (Wildman–Crippen LogP) is 0.0354. The van der Waals surface area contributed by atoms with Gasteiger partial charge in [-0.1, -0.05) is 0 Å². The fourth-order valence-electron chi connectivity index (χ4n) is 4.52. The zero-order chi connectivity index (χ0) is 29.4. The first-order chi connectivity index (χ1) is 19.6. The third kappa shape index (κ3) is 7.87. The number of nitrogens with one attached hydrogen (secondary N) is 4. The van der Waals surface area contributed by atoms with Crippen LogP contribution >= 0.6 is 0 Å². The number of H-pyrrole nitrogens is 2. The number of nitrogens with two attached hydrogens (primary N) is 1. The average Bonchev–Trinajstić information content (AvgIpc) is 3.58. The second kappa shape index (κ2) is 13.7. The Morgan fingerprint density at radius 3 is 2.54 bits per heavy atom. The highest BCUT2D eigenvalue weighted by atomic mass is 32.3. The molecule has 1 atom stereocenters. The van der Waals surface area contributed by atoms with E-state index in [0.717, 1.165) is 17.7 Å². The standard InChI is InChI=1S/C25H32FN7O7S/c26-41(37,38)18-5-3-16(4-6-18)24(36)33-9-1-2-19(33)22(34)29-8-11-40-13-12-39-10-7-28-14-17-15-30-21-20(17)23(35)32-25(27)31-21/h3-6,15,19,28H,1-2,7-14H2,(H,29,34)(H4,27,30,31,32,35)/t19-/m0/s1. The van der Waals surface area contributed by atoms with Crippen molar-refractivity contribution in [2.24, 2.45) is 0 Å². The average molecular weight is 594 g/mol. The van der Waals surface area contributed by atoms with Crippen LogP contribution in [-0.2, 0) is 31.0 Å². The highest BCUT2D eigenvalue weighted by Crippen LogP contribution is 2.21. The molecule has 16 heteroatoms. The molecule has 41 heavy (non-hydrogen) atoms. The minimum atomic E-state index is -4.86. The molecule has 0 bridgehead atoms. The number of amides is 2. The van der Waals surface area contributed by atoms with Gasteiger partial charge in [0.2, 0.25) is 11.9 Å². The van der Waals surface area contributed by atoms with E-state index in [4.69, 9.17) is 15.2 Å². The molecule has 4 rings (SSSR count). The van der Waals surface area contributed by atoms with E-state index in [2.05, 4.69) is 25.6 Å². The number of halogens is 1. The van der Waals surface area contributed by atoms with Gasteiger partial charge in [-0.05, 0) is 42.7 Å². The Morgan fingerprint density at radius 1 is 1.12 bits per heavy atom. The van der Waals surface area contributed by atoms with Gasteiger partial charge in [-0.25, -0.2) is 0 Å². The van der Waals surface area contributed by atoms with E-state index in [1.165, 1.54) is 17.0 Å². The highest BCUT2D eigenvalue weighted by Gasteiger charge is 2.34. The van der Waals surface area contributed by atoms with Gasteiger partial charge >= 0.3 is 10.2 Å². The van der Waals surface area contributed by atoms with Crippen molar-refractivity contribution >= 4 is 39.0 Å². The molecule has 222 valence electrons. The molecule has 6 N–H and O–H groups in total. The van der Waals surface area contributed by atoms with E-state index in [9.17, 15) is 26.7 Å². The molecule has 3 heterocycles. The summed E-state index contributed by atoms with van der Waals surface area (Å²) in [5.41, 5.74) is 6.62. The summed E-state index contributed by atoms with van der Waals surface area (Å²) in [6, 6.07) is 3.85. The maximum atomic E-state index is 13.1. The van der Waals surface area contributed by atoms with Crippen molar-refractivity contribution < 1.29 is 31.4 Å². The summed E-state index contributed by atoms with van der Waals surface area (Å²) in [5.74, 6) is -0.677. The number of hydrogen-bond acceptors (Lipinski definition) is 10. The molecule has 1 aliphatic heterocycles. The number of carbonyl (C=O) groups excluding carboxylic acids is 2.